The van der Waals surface area contributed by atoms with Crippen LogP contribution in [0, 0.1) is 5.92 Å². The summed E-state index contributed by atoms with van der Waals surface area (Å²) < 4.78 is 7.11. The van der Waals surface area contributed by atoms with Crippen LogP contribution in [0.15, 0.2) is 30.7 Å². The maximum atomic E-state index is 9.11. The second kappa shape index (κ2) is 11.1. The fraction of sp³-hybridized carbons (Fsp3) is 0.522. The van der Waals surface area contributed by atoms with E-state index in [1.807, 2.05) is 12.1 Å². The van der Waals surface area contributed by atoms with Crippen LogP contribution in [0.1, 0.15) is 32.1 Å². The number of tetrazole rings is 1. The normalized spacial score (nSPS) is 20.3. The molecule has 5 rings (SSSR count). The first kappa shape index (κ1) is 23.7. The number of aromatic nitrogens is 6. The molecular weight excluding hydrogens is 470 g/mol. The molecule has 2 saturated heterocycles. The number of piperidine rings is 2. The third-order valence-electron chi connectivity index (χ3n) is 6.66. The van der Waals surface area contributed by atoms with Gasteiger partial charge < -0.3 is 25.4 Å². The highest BCUT2D eigenvalue weighted by atomic mass is 35.5. The second-order valence-electron chi connectivity index (χ2n) is 8.91. The average Bonchev–Trinajstić information content (AvgIpc) is 3.43. The number of benzene rings is 1. The van der Waals surface area contributed by atoms with E-state index in [1.165, 1.54) is 56.2 Å². The summed E-state index contributed by atoms with van der Waals surface area (Å²) in [6.45, 7) is 3.36. The molecule has 12 heteroatoms. The highest BCUT2D eigenvalue weighted by molar-refractivity contribution is 6.32. The molecule has 0 unspecified atom stereocenters. The first-order valence-electron chi connectivity index (χ1n) is 12.1. The topological polar surface area (TPSA) is 126 Å². The maximum absolute atomic E-state index is 9.11. The van der Waals surface area contributed by atoms with E-state index < -0.39 is 0 Å². The zero-order valence-corrected chi connectivity index (χ0v) is 20.2. The average molecular weight is 500 g/mol. The number of ether oxygens (including phenoxy) is 1. The van der Waals surface area contributed by atoms with Crippen molar-refractivity contribution >= 4 is 29.1 Å². The summed E-state index contributed by atoms with van der Waals surface area (Å²) in [7, 11) is 0. The summed E-state index contributed by atoms with van der Waals surface area (Å²) in [5, 5.41) is 27.7. The number of anilines is 3. The van der Waals surface area contributed by atoms with Gasteiger partial charge in [-0.2, -0.15) is 9.67 Å². The summed E-state index contributed by atoms with van der Waals surface area (Å²) in [6.07, 6.45) is 9.46. The minimum Gasteiger partial charge on any atom is -0.489 e. The Morgan fingerprint density at radius 2 is 2.09 bits per heavy atom. The molecule has 186 valence electrons. The van der Waals surface area contributed by atoms with Gasteiger partial charge in [-0.25, -0.2) is 4.98 Å². The van der Waals surface area contributed by atoms with Crippen molar-refractivity contribution in [2.24, 2.45) is 5.92 Å². The van der Waals surface area contributed by atoms with Crippen LogP contribution in [0.2, 0.25) is 5.02 Å². The van der Waals surface area contributed by atoms with E-state index in [2.05, 4.69) is 41.0 Å². The molecule has 11 nitrogen and oxygen atoms in total. The molecule has 4 heterocycles. The molecule has 0 amide bonds. The smallest absolute Gasteiger partial charge is 0.229 e. The van der Waals surface area contributed by atoms with Crippen LogP contribution in [0.25, 0.3) is 5.69 Å². The van der Waals surface area contributed by atoms with Gasteiger partial charge in [-0.1, -0.05) is 18.0 Å². The predicted molar refractivity (Wildman–Crippen MR) is 132 cm³/mol. The summed E-state index contributed by atoms with van der Waals surface area (Å²) >= 11 is 6.43. The van der Waals surface area contributed by atoms with Crippen molar-refractivity contribution in [2.45, 2.75) is 38.1 Å². The number of rotatable bonds is 9. The van der Waals surface area contributed by atoms with Crippen molar-refractivity contribution in [1.82, 2.24) is 35.1 Å². The van der Waals surface area contributed by atoms with E-state index in [1.54, 1.807) is 12.3 Å². The Morgan fingerprint density at radius 3 is 2.94 bits per heavy atom. The second-order valence-corrected chi connectivity index (χ2v) is 9.31. The molecular formula is C23H30ClN9O2. The predicted octanol–water partition coefficient (Wildman–Crippen LogP) is 2.90. The Balaban J connectivity index is 1.29. The van der Waals surface area contributed by atoms with Crippen LogP contribution in [0.4, 0.5) is 17.5 Å². The number of aliphatic hydroxyl groups is 1. The monoisotopic (exact) mass is 499 g/mol. The van der Waals surface area contributed by atoms with Crippen LogP contribution in [-0.4, -0.2) is 79.1 Å². The Hall–Kier alpha value is -3.02. The first-order valence-corrected chi connectivity index (χ1v) is 12.5. The van der Waals surface area contributed by atoms with Gasteiger partial charge in [0.1, 0.15) is 29.4 Å². The minimum absolute atomic E-state index is 0.0942. The molecule has 0 spiro atoms. The Morgan fingerprint density at radius 1 is 1.17 bits per heavy atom. The van der Waals surface area contributed by atoms with Crippen molar-refractivity contribution in [3.8, 4) is 11.4 Å². The van der Waals surface area contributed by atoms with E-state index in [-0.39, 0.29) is 13.2 Å². The van der Waals surface area contributed by atoms with Gasteiger partial charge >= 0.3 is 0 Å². The summed E-state index contributed by atoms with van der Waals surface area (Å²) in [4.78, 5) is 11.6. The quantitative estimate of drug-likeness (QED) is 0.404. The van der Waals surface area contributed by atoms with Crippen LogP contribution < -0.4 is 15.4 Å². The third kappa shape index (κ3) is 5.63. The van der Waals surface area contributed by atoms with Gasteiger partial charge in [0.15, 0.2) is 5.82 Å². The zero-order valence-electron chi connectivity index (χ0n) is 19.5. The lowest BCUT2D eigenvalue weighted by Crippen LogP contribution is -2.49. The van der Waals surface area contributed by atoms with E-state index in [4.69, 9.17) is 21.4 Å². The maximum Gasteiger partial charge on any atom is 0.229 e. The van der Waals surface area contributed by atoms with Crippen LogP contribution >= 0.6 is 11.6 Å². The molecule has 1 aromatic carbocycles. The molecule has 2 atom stereocenters. The van der Waals surface area contributed by atoms with Crippen molar-refractivity contribution in [1.29, 1.82) is 0 Å². The van der Waals surface area contributed by atoms with Crippen LogP contribution in [0.5, 0.6) is 5.75 Å². The van der Waals surface area contributed by atoms with Crippen LogP contribution in [-0.2, 0) is 0 Å². The lowest BCUT2D eigenvalue weighted by Gasteiger charge is -2.44. The number of hydrogen-bond donors (Lipinski definition) is 3. The number of aliphatic hydroxyl groups excluding tert-OH is 1. The van der Waals surface area contributed by atoms with Crippen molar-refractivity contribution in [2.75, 3.05) is 43.5 Å². The first-order chi connectivity index (χ1) is 17.2. The molecule has 35 heavy (non-hydrogen) atoms. The molecule has 0 aliphatic carbocycles. The SMILES string of the molecule is OCCOc1ccc(Nc2ncc(Cl)c(NC[C@@H]3CCCN4CCCC[C@H]34)n2)cc1-n1cnnn1. The Kier molecular flexibility index (Phi) is 7.55. The standard InChI is InChI=1S/C23H30ClN9O2/c24-18-14-26-23(29-22(18)25-13-16-4-3-9-32-8-2-1-5-19(16)32)28-17-6-7-21(35-11-10-34)20(12-17)33-15-27-30-31-33/h6-7,12,14-16,19,34H,1-5,8-11,13H2,(H2,25,26,28,29)/t16-,19+/m0/s1. The Labute approximate surface area is 208 Å². The highest BCUT2D eigenvalue weighted by Crippen LogP contribution is 2.32. The van der Waals surface area contributed by atoms with Gasteiger partial charge in [-0.15, -0.1) is 5.10 Å². The Bertz CT molecular complexity index is 1110. The number of fused-ring (bicyclic) bond motifs is 1. The van der Waals surface area contributed by atoms with E-state index >= 15 is 0 Å². The van der Waals surface area contributed by atoms with Gasteiger partial charge in [0.2, 0.25) is 5.95 Å². The number of hydrogen-bond acceptors (Lipinski definition) is 10. The van der Waals surface area contributed by atoms with E-state index in [0.717, 1.165) is 12.2 Å². The van der Waals surface area contributed by atoms with Gasteiger partial charge in [0, 0.05) is 18.3 Å². The van der Waals surface area contributed by atoms with Gasteiger partial charge in [-0.05, 0) is 73.3 Å². The summed E-state index contributed by atoms with van der Waals surface area (Å²) in [5.74, 6) is 2.18. The molecule has 2 fully saturated rings. The summed E-state index contributed by atoms with van der Waals surface area (Å²) in [5.41, 5.74) is 1.35. The molecule has 3 N–H and O–H groups in total. The lowest BCUT2D eigenvalue weighted by molar-refractivity contribution is 0.0649. The van der Waals surface area contributed by atoms with Crippen molar-refractivity contribution in [3.63, 3.8) is 0 Å². The van der Waals surface area contributed by atoms with E-state index in [0.29, 0.717) is 40.2 Å². The zero-order chi connectivity index (χ0) is 24.0. The number of nitrogens with one attached hydrogen (secondary N) is 2. The number of nitrogens with zero attached hydrogens (tertiary/aromatic N) is 7. The molecule has 0 saturated carbocycles. The van der Waals surface area contributed by atoms with Crippen molar-refractivity contribution in [3.05, 3.63) is 35.7 Å². The minimum atomic E-state index is -0.0942. The molecule has 0 radical (unpaired) electrons. The fourth-order valence-electron chi connectivity index (χ4n) is 5.05. The van der Waals surface area contributed by atoms with E-state index in [9.17, 15) is 0 Å². The molecule has 2 aliphatic heterocycles. The van der Waals surface area contributed by atoms with Crippen molar-refractivity contribution < 1.29 is 9.84 Å². The van der Waals surface area contributed by atoms with Gasteiger partial charge in [-0.3, -0.25) is 0 Å². The van der Waals surface area contributed by atoms with Gasteiger partial charge in [0.05, 0.1) is 12.8 Å². The fourth-order valence-corrected chi connectivity index (χ4v) is 5.20. The molecule has 2 aromatic heterocycles. The third-order valence-corrected chi connectivity index (χ3v) is 6.94. The van der Waals surface area contributed by atoms with Gasteiger partial charge in [0.25, 0.3) is 0 Å². The summed E-state index contributed by atoms with van der Waals surface area (Å²) in [6, 6.07) is 6.10. The van der Waals surface area contributed by atoms with Crippen LogP contribution in [0.3, 0.4) is 0 Å². The molecule has 0 bridgehead atoms. The lowest BCUT2D eigenvalue weighted by atomic mass is 9.83. The molecule has 3 aromatic rings. The number of halogens is 1. The largest absolute Gasteiger partial charge is 0.489 e. The molecule has 2 aliphatic rings. The highest BCUT2D eigenvalue weighted by Gasteiger charge is 2.32.